The van der Waals surface area contributed by atoms with E-state index in [1.54, 1.807) is 43.3 Å². The summed E-state index contributed by atoms with van der Waals surface area (Å²) in [5.41, 5.74) is 1.75. The van der Waals surface area contributed by atoms with Crippen LogP contribution in [0, 0.1) is 12.1 Å². The molecular formula is C18H17N3O5. The van der Waals surface area contributed by atoms with Crippen LogP contribution in [-0.4, -0.2) is 29.3 Å². The van der Waals surface area contributed by atoms with Crippen molar-refractivity contribution < 1.29 is 23.9 Å². The fourth-order valence-corrected chi connectivity index (χ4v) is 2.35. The molecule has 0 spiro atoms. The lowest BCUT2D eigenvalue weighted by Crippen LogP contribution is -2.32. The van der Waals surface area contributed by atoms with Crippen molar-refractivity contribution in [3.05, 3.63) is 53.2 Å². The minimum Gasteiger partial charge on any atom is -0.594 e. The highest BCUT2D eigenvalue weighted by Gasteiger charge is 2.16. The van der Waals surface area contributed by atoms with E-state index in [0.29, 0.717) is 27.4 Å². The average molecular weight is 355 g/mol. The predicted octanol–water partition coefficient (Wildman–Crippen LogP) is 2.30. The topological polar surface area (TPSA) is 97.5 Å². The minimum atomic E-state index is -0.724. The highest BCUT2D eigenvalue weighted by Crippen LogP contribution is 2.23. The fourth-order valence-electron chi connectivity index (χ4n) is 2.35. The number of ether oxygens (including phenoxy) is 3. The number of aromatic nitrogens is 3. The van der Waals surface area contributed by atoms with Crippen LogP contribution >= 0.6 is 0 Å². The van der Waals surface area contributed by atoms with Gasteiger partial charge in [0, 0.05) is 6.07 Å². The van der Waals surface area contributed by atoms with Crippen LogP contribution < -0.4 is 14.3 Å². The summed E-state index contributed by atoms with van der Waals surface area (Å²) in [4.78, 5) is 16.1. The van der Waals surface area contributed by atoms with Gasteiger partial charge < -0.3 is 19.4 Å². The first-order valence-electron chi connectivity index (χ1n) is 7.87. The third kappa shape index (κ3) is 3.64. The SMILES string of the molecule is COC(=O)C(C)Oc1ccc(Oc2nc3c(C)cccc3[n+]([O-])n2)cc1. The molecule has 0 fully saturated rings. The number of carbonyl (C=O) groups is 1. The first kappa shape index (κ1) is 17.4. The lowest BCUT2D eigenvalue weighted by atomic mass is 10.2. The molecule has 0 bridgehead atoms. The van der Waals surface area contributed by atoms with Crippen molar-refractivity contribution in [3.8, 4) is 17.5 Å². The third-order valence-corrected chi connectivity index (χ3v) is 3.69. The zero-order valence-electron chi connectivity index (χ0n) is 14.5. The molecule has 0 aliphatic rings. The number of carbonyl (C=O) groups excluding carboxylic acids is 1. The van der Waals surface area contributed by atoms with Gasteiger partial charge in [-0.3, -0.25) is 0 Å². The van der Waals surface area contributed by atoms with Crippen LogP contribution in [0.5, 0.6) is 17.5 Å². The van der Waals surface area contributed by atoms with Crippen molar-refractivity contribution in [2.24, 2.45) is 0 Å². The molecule has 3 aromatic rings. The molecule has 0 radical (unpaired) electrons. The van der Waals surface area contributed by atoms with E-state index in [1.165, 1.54) is 7.11 Å². The van der Waals surface area contributed by atoms with Crippen LogP contribution in [0.2, 0.25) is 0 Å². The highest BCUT2D eigenvalue weighted by atomic mass is 16.6. The van der Waals surface area contributed by atoms with E-state index in [1.807, 2.05) is 13.0 Å². The van der Waals surface area contributed by atoms with Crippen LogP contribution in [0.1, 0.15) is 12.5 Å². The molecule has 0 saturated heterocycles. The standard InChI is InChI=1S/C18H17N3O5/c1-11-5-4-6-15-16(11)19-18(20-21(15)23)26-14-9-7-13(8-10-14)25-12(2)17(22)24-3/h4-10,12H,1-3H3. The lowest BCUT2D eigenvalue weighted by molar-refractivity contribution is -0.643. The normalized spacial score (nSPS) is 11.8. The van der Waals surface area contributed by atoms with Gasteiger partial charge in [-0.2, -0.15) is 4.98 Å². The van der Waals surface area contributed by atoms with E-state index in [0.717, 1.165) is 5.56 Å². The number of esters is 1. The smallest absolute Gasteiger partial charge is 0.386 e. The van der Waals surface area contributed by atoms with Gasteiger partial charge in [-0.25, -0.2) is 4.79 Å². The zero-order valence-corrected chi connectivity index (χ0v) is 14.5. The Morgan fingerprint density at radius 2 is 1.85 bits per heavy atom. The predicted molar refractivity (Wildman–Crippen MR) is 91.9 cm³/mol. The molecule has 1 atom stereocenters. The summed E-state index contributed by atoms with van der Waals surface area (Å²) in [7, 11) is 1.30. The monoisotopic (exact) mass is 355 g/mol. The largest absolute Gasteiger partial charge is 0.594 e. The van der Waals surface area contributed by atoms with Crippen LogP contribution in [0.25, 0.3) is 11.0 Å². The van der Waals surface area contributed by atoms with Gasteiger partial charge in [0.1, 0.15) is 17.0 Å². The summed E-state index contributed by atoms with van der Waals surface area (Å²) in [6.07, 6.45) is -0.724. The van der Waals surface area contributed by atoms with Crippen molar-refractivity contribution in [2.45, 2.75) is 20.0 Å². The van der Waals surface area contributed by atoms with Crippen molar-refractivity contribution in [2.75, 3.05) is 7.11 Å². The Kier molecular flexibility index (Phi) is 4.83. The van der Waals surface area contributed by atoms with Crippen molar-refractivity contribution in [3.63, 3.8) is 0 Å². The number of benzene rings is 2. The third-order valence-electron chi connectivity index (χ3n) is 3.69. The number of rotatable bonds is 5. The molecule has 0 aliphatic heterocycles. The Labute approximate surface area is 149 Å². The van der Waals surface area contributed by atoms with Gasteiger partial charge in [0.25, 0.3) is 5.52 Å². The zero-order chi connectivity index (χ0) is 18.7. The second-order valence-electron chi connectivity index (χ2n) is 5.57. The molecule has 3 rings (SSSR count). The summed E-state index contributed by atoms with van der Waals surface area (Å²) >= 11 is 0. The Bertz CT molecular complexity index is 943. The van der Waals surface area contributed by atoms with Crippen LogP contribution in [-0.2, 0) is 9.53 Å². The Morgan fingerprint density at radius 1 is 1.15 bits per heavy atom. The summed E-state index contributed by atoms with van der Waals surface area (Å²) in [6, 6.07) is 11.7. The molecule has 26 heavy (non-hydrogen) atoms. The van der Waals surface area contributed by atoms with Gasteiger partial charge in [0.15, 0.2) is 6.10 Å². The molecule has 1 aromatic heterocycles. The van der Waals surface area contributed by atoms with Gasteiger partial charge in [-0.1, -0.05) is 12.1 Å². The summed E-state index contributed by atoms with van der Waals surface area (Å²) in [6.45, 7) is 3.45. The molecule has 1 heterocycles. The van der Waals surface area contributed by atoms with Gasteiger partial charge >= 0.3 is 12.0 Å². The van der Waals surface area contributed by atoms with Crippen molar-refractivity contribution >= 4 is 17.0 Å². The van der Waals surface area contributed by atoms with E-state index < -0.39 is 12.1 Å². The summed E-state index contributed by atoms with van der Waals surface area (Å²) in [5.74, 6) is 0.436. The molecule has 1 unspecified atom stereocenters. The second kappa shape index (κ2) is 7.22. The Hall–Kier alpha value is -3.42. The minimum absolute atomic E-state index is 0.0570. The fraction of sp³-hybridized carbons (Fsp3) is 0.222. The lowest BCUT2D eigenvalue weighted by Gasteiger charge is -2.12. The Balaban J connectivity index is 1.78. The molecule has 2 aromatic carbocycles. The molecule has 0 aliphatic carbocycles. The van der Waals surface area contributed by atoms with Gasteiger partial charge in [-0.15, -0.1) is 0 Å². The van der Waals surface area contributed by atoms with Crippen molar-refractivity contribution in [1.29, 1.82) is 0 Å². The van der Waals surface area contributed by atoms with Crippen LogP contribution in [0.4, 0.5) is 0 Å². The Morgan fingerprint density at radius 3 is 2.54 bits per heavy atom. The van der Waals surface area contributed by atoms with E-state index >= 15 is 0 Å². The number of fused-ring (bicyclic) bond motifs is 1. The molecular weight excluding hydrogens is 338 g/mol. The number of para-hydroxylation sites is 1. The quantitative estimate of drug-likeness (QED) is 0.393. The molecule has 0 saturated carbocycles. The van der Waals surface area contributed by atoms with Gasteiger partial charge in [-0.05, 0) is 48.5 Å². The number of aryl methyl sites for hydroxylation is 1. The maximum atomic E-state index is 12.0. The van der Waals surface area contributed by atoms with Crippen LogP contribution in [0.15, 0.2) is 42.5 Å². The van der Waals surface area contributed by atoms with E-state index in [2.05, 4.69) is 14.8 Å². The maximum Gasteiger partial charge on any atom is 0.386 e. The van der Waals surface area contributed by atoms with E-state index in [4.69, 9.17) is 9.47 Å². The number of methoxy groups -OCH3 is 1. The maximum absolute atomic E-state index is 12.0. The first-order valence-corrected chi connectivity index (χ1v) is 7.87. The van der Waals surface area contributed by atoms with Gasteiger partial charge in [0.05, 0.1) is 12.2 Å². The molecule has 0 amide bonds. The number of hydrogen-bond acceptors (Lipinski definition) is 7. The van der Waals surface area contributed by atoms with Crippen molar-refractivity contribution in [1.82, 2.24) is 10.1 Å². The summed E-state index contributed by atoms with van der Waals surface area (Å²) in [5, 5.41) is 15.8. The summed E-state index contributed by atoms with van der Waals surface area (Å²) < 4.78 is 15.6. The number of nitrogens with zero attached hydrogens (tertiary/aromatic N) is 3. The highest BCUT2D eigenvalue weighted by molar-refractivity contribution is 5.75. The number of hydrogen-bond donors (Lipinski definition) is 0. The first-order chi connectivity index (χ1) is 12.5. The van der Waals surface area contributed by atoms with E-state index in [-0.39, 0.29) is 6.01 Å². The second-order valence-corrected chi connectivity index (χ2v) is 5.57. The van der Waals surface area contributed by atoms with Crippen LogP contribution in [0.3, 0.4) is 0 Å². The molecule has 134 valence electrons. The molecule has 8 heteroatoms. The van der Waals surface area contributed by atoms with Gasteiger partial charge in [0.2, 0.25) is 0 Å². The molecule has 8 nitrogen and oxygen atoms in total. The molecule has 0 N–H and O–H groups in total. The average Bonchev–Trinajstić information content (AvgIpc) is 2.63. The van der Waals surface area contributed by atoms with E-state index in [9.17, 15) is 10.0 Å².